The molecule has 0 bridgehead atoms. The van der Waals surface area contributed by atoms with E-state index in [-0.39, 0.29) is 0 Å². The lowest BCUT2D eigenvalue weighted by atomic mass is 10.3. The molecule has 0 fully saturated rings. The summed E-state index contributed by atoms with van der Waals surface area (Å²) in [5.41, 5.74) is 0. The minimum Gasteiger partial charge on any atom is -0.291 e. The van der Waals surface area contributed by atoms with E-state index in [4.69, 9.17) is 0 Å². The third-order valence-electron chi connectivity index (χ3n) is 1.42. The molecule has 0 aromatic rings. The van der Waals surface area contributed by atoms with Crippen LogP contribution in [-0.2, 0) is 0 Å². The first kappa shape index (κ1) is 7.60. The fourth-order valence-corrected chi connectivity index (χ4v) is 1.70. The highest BCUT2D eigenvalue weighted by Gasteiger charge is 2.20. The van der Waals surface area contributed by atoms with Crippen LogP contribution in [0.5, 0.6) is 0 Å². The maximum Gasteiger partial charge on any atom is 0.0558 e. The molecule has 2 nitrogen and oxygen atoms in total. The van der Waals surface area contributed by atoms with E-state index >= 15 is 0 Å². The van der Waals surface area contributed by atoms with Crippen LogP contribution in [0.4, 0.5) is 0 Å². The van der Waals surface area contributed by atoms with Crippen molar-refractivity contribution >= 4 is 10.6 Å². The summed E-state index contributed by atoms with van der Waals surface area (Å²) in [5, 5.41) is 0. The molecule has 0 amide bonds. The van der Waals surface area contributed by atoms with Gasteiger partial charge in [0.1, 0.15) is 0 Å². The van der Waals surface area contributed by atoms with Crippen LogP contribution in [0.25, 0.3) is 0 Å². The summed E-state index contributed by atoms with van der Waals surface area (Å²) < 4.78 is 18.6. The smallest absolute Gasteiger partial charge is 0.0558 e. The SMILES string of the molecule is C=C1C=CCC(=C)S1(O)O. The molecule has 56 valence electrons. The van der Waals surface area contributed by atoms with E-state index in [9.17, 15) is 9.11 Å². The second-order valence-corrected chi connectivity index (χ2v) is 4.36. The van der Waals surface area contributed by atoms with Gasteiger partial charge < -0.3 is 0 Å². The first-order chi connectivity index (χ1) is 4.55. The number of rotatable bonds is 0. The van der Waals surface area contributed by atoms with Crippen molar-refractivity contribution in [2.24, 2.45) is 0 Å². The summed E-state index contributed by atoms with van der Waals surface area (Å²) in [6, 6.07) is 0. The molecular formula is C7H10O2S. The zero-order valence-corrected chi connectivity index (χ0v) is 6.40. The minimum absolute atomic E-state index is 0.365. The lowest BCUT2D eigenvalue weighted by Gasteiger charge is -2.36. The second kappa shape index (κ2) is 2.27. The molecule has 0 radical (unpaired) electrons. The van der Waals surface area contributed by atoms with Gasteiger partial charge in [-0.05, 0) is 6.08 Å². The summed E-state index contributed by atoms with van der Waals surface area (Å²) >= 11 is 0. The Labute approximate surface area is 61.9 Å². The normalized spacial score (nSPS) is 26.6. The molecule has 0 spiro atoms. The van der Waals surface area contributed by atoms with Crippen LogP contribution in [0.15, 0.2) is 35.1 Å². The van der Waals surface area contributed by atoms with Crippen molar-refractivity contribution in [3.05, 3.63) is 35.1 Å². The number of hydrogen-bond acceptors (Lipinski definition) is 2. The quantitative estimate of drug-likeness (QED) is 0.569. The van der Waals surface area contributed by atoms with Gasteiger partial charge in [-0.2, -0.15) is 0 Å². The molecule has 0 unspecified atom stereocenters. The van der Waals surface area contributed by atoms with Gasteiger partial charge in [-0.15, -0.1) is 10.6 Å². The third-order valence-corrected chi connectivity index (χ3v) is 3.26. The van der Waals surface area contributed by atoms with E-state index in [1.54, 1.807) is 6.08 Å². The van der Waals surface area contributed by atoms with Crippen molar-refractivity contribution in [2.45, 2.75) is 6.42 Å². The highest BCUT2D eigenvalue weighted by molar-refractivity contribution is 8.31. The first-order valence-electron chi connectivity index (χ1n) is 2.86. The molecule has 0 saturated carbocycles. The molecule has 1 rings (SSSR count). The average molecular weight is 158 g/mol. The predicted molar refractivity (Wildman–Crippen MR) is 44.9 cm³/mol. The van der Waals surface area contributed by atoms with Crippen LogP contribution in [0.2, 0.25) is 0 Å². The summed E-state index contributed by atoms with van der Waals surface area (Å²) in [4.78, 5) is 0.823. The van der Waals surface area contributed by atoms with Gasteiger partial charge in [-0.3, -0.25) is 9.11 Å². The Bertz CT molecular complexity index is 216. The van der Waals surface area contributed by atoms with Gasteiger partial charge in [0.15, 0.2) is 0 Å². The highest BCUT2D eigenvalue weighted by Crippen LogP contribution is 2.57. The molecule has 1 aliphatic rings. The zero-order valence-electron chi connectivity index (χ0n) is 5.58. The maximum absolute atomic E-state index is 9.30. The van der Waals surface area contributed by atoms with E-state index in [0.29, 0.717) is 16.2 Å². The molecule has 0 saturated heterocycles. The van der Waals surface area contributed by atoms with Crippen molar-refractivity contribution in [2.75, 3.05) is 0 Å². The summed E-state index contributed by atoms with van der Waals surface area (Å²) in [7, 11) is -2.72. The summed E-state index contributed by atoms with van der Waals surface area (Å²) in [5.74, 6) is 0. The van der Waals surface area contributed by atoms with Crippen LogP contribution in [-0.4, -0.2) is 9.11 Å². The van der Waals surface area contributed by atoms with E-state index in [1.807, 2.05) is 6.08 Å². The van der Waals surface area contributed by atoms with Crippen LogP contribution in [0.1, 0.15) is 6.42 Å². The van der Waals surface area contributed by atoms with Crippen molar-refractivity contribution in [3.8, 4) is 0 Å². The van der Waals surface area contributed by atoms with Crippen molar-refractivity contribution in [1.29, 1.82) is 0 Å². The Morgan fingerprint density at radius 2 is 2.00 bits per heavy atom. The largest absolute Gasteiger partial charge is 0.291 e. The van der Waals surface area contributed by atoms with Crippen molar-refractivity contribution < 1.29 is 9.11 Å². The Hall–Kier alpha value is -0.510. The molecule has 1 heterocycles. The highest BCUT2D eigenvalue weighted by atomic mass is 32.3. The van der Waals surface area contributed by atoms with Gasteiger partial charge in [0.2, 0.25) is 0 Å². The fraction of sp³-hybridized carbons (Fsp3) is 0.143. The zero-order chi connectivity index (χ0) is 7.78. The standard InChI is InChI=1S/C7H10O2S/c1-6-4-3-5-7(2)10(6,8)9/h3-4,8-9H,1-2,5H2. The second-order valence-electron chi connectivity index (χ2n) is 2.16. The van der Waals surface area contributed by atoms with E-state index in [2.05, 4.69) is 13.2 Å². The summed E-state index contributed by atoms with van der Waals surface area (Å²) in [6.07, 6.45) is 3.99. The number of allylic oxidation sites excluding steroid dienone is 3. The molecule has 10 heavy (non-hydrogen) atoms. The van der Waals surface area contributed by atoms with Gasteiger partial charge in [0.25, 0.3) is 0 Å². The Morgan fingerprint density at radius 1 is 1.40 bits per heavy atom. The molecule has 1 aliphatic heterocycles. The lowest BCUT2D eigenvalue weighted by Crippen LogP contribution is -2.03. The van der Waals surface area contributed by atoms with Gasteiger partial charge in [-0.25, -0.2) is 0 Å². The van der Waals surface area contributed by atoms with Crippen molar-refractivity contribution in [1.82, 2.24) is 0 Å². The summed E-state index contributed by atoms with van der Waals surface area (Å²) in [6.45, 7) is 7.05. The molecule has 0 atom stereocenters. The van der Waals surface area contributed by atoms with Gasteiger partial charge >= 0.3 is 0 Å². The van der Waals surface area contributed by atoms with E-state index < -0.39 is 10.6 Å². The average Bonchev–Trinajstić information content (AvgIpc) is 1.84. The molecular weight excluding hydrogens is 148 g/mol. The minimum atomic E-state index is -2.72. The molecule has 0 aliphatic carbocycles. The van der Waals surface area contributed by atoms with E-state index in [1.165, 1.54) is 0 Å². The predicted octanol–water partition coefficient (Wildman–Crippen LogP) is 2.72. The van der Waals surface area contributed by atoms with Gasteiger partial charge in [-0.1, -0.05) is 19.2 Å². The topological polar surface area (TPSA) is 40.5 Å². The maximum atomic E-state index is 9.30. The Kier molecular flexibility index (Phi) is 1.72. The fourth-order valence-electron chi connectivity index (χ4n) is 0.718. The van der Waals surface area contributed by atoms with Crippen LogP contribution in [0.3, 0.4) is 0 Å². The molecule has 0 aromatic carbocycles. The first-order valence-corrected chi connectivity index (χ1v) is 4.41. The number of hydrogen-bond donors (Lipinski definition) is 2. The molecule has 3 heteroatoms. The van der Waals surface area contributed by atoms with Crippen LogP contribution >= 0.6 is 10.6 Å². The van der Waals surface area contributed by atoms with Crippen LogP contribution in [0, 0.1) is 0 Å². The molecule has 0 aromatic heterocycles. The Balaban J connectivity index is 3.00. The lowest BCUT2D eigenvalue weighted by molar-refractivity contribution is 0.504. The van der Waals surface area contributed by atoms with Gasteiger partial charge in [0.05, 0.1) is 4.91 Å². The Morgan fingerprint density at radius 3 is 2.40 bits per heavy atom. The van der Waals surface area contributed by atoms with E-state index in [0.717, 1.165) is 0 Å². The van der Waals surface area contributed by atoms with Crippen LogP contribution < -0.4 is 0 Å². The van der Waals surface area contributed by atoms with Gasteiger partial charge in [0, 0.05) is 11.3 Å². The molecule has 2 N–H and O–H groups in total. The monoisotopic (exact) mass is 158 g/mol. The third kappa shape index (κ3) is 1.03. The van der Waals surface area contributed by atoms with Crippen molar-refractivity contribution in [3.63, 3.8) is 0 Å².